The van der Waals surface area contributed by atoms with Crippen LogP contribution in [-0.2, 0) is 16.1 Å². The fourth-order valence-corrected chi connectivity index (χ4v) is 4.15. The van der Waals surface area contributed by atoms with Gasteiger partial charge < -0.3 is 9.64 Å². The molecule has 4 aromatic rings. The Morgan fingerprint density at radius 3 is 2.59 bits per heavy atom. The first-order chi connectivity index (χ1) is 15.7. The van der Waals surface area contributed by atoms with Crippen molar-refractivity contribution in [3.05, 3.63) is 101 Å². The predicted molar refractivity (Wildman–Crippen MR) is 123 cm³/mol. The number of carbonyl (C=O) groups is 1. The third kappa shape index (κ3) is 4.05. The number of morpholine rings is 1. The van der Waals surface area contributed by atoms with Gasteiger partial charge in [0.15, 0.2) is 0 Å². The van der Waals surface area contributed by atoms with Gasteiger partial charge in [-0.05, 0) is 22.4 Å². The highest BCUT2D eigenvalue weighted by Crippen LogP contribution is 2.29. The second-order valence-electron chi connectivity index (χ2n) is 7.85. The van der Waals surface area contributed by atoms with Crippen LogP contribution < -0.4 is 5.56 Å². The topological polar surface area (TPSA) is 64.4 Å². The molecular weight excluding hydrogens is 402 g/mol. The van der Waals surface area contributed by atoms with E-state index in [9.17, 15) is 9.59 Å². The van der Waals surface area contributed by atoms with Crippen molar-refractivity contribution in [3.63, 3.8) is 0 Å². The van der Waals surface area contributed by atoms with Crippen molar-refractivity contribution in [1.82, 2.24) is 14.7 Å². The van der Waals surface area contributed by atoms with Gasteiger partial charge in [-0.15, -0.1) is 0 Å². The molecule has 0 saturated carbocycles. The number of carbonyl (C=O) groups excluding carboxylic acids is 1. The highest BCUT2D eigenvalue weighted by atomic mass is 16.5. The summed E-state index contributed by atoms with van der Waals surface area (Å²) in [6.07, 6.45) is -0.209. The molecule has 2 heterocycles. The zero-order valence-corrected chi connectivity index (χ0v) is 17.6. The second kappa shape index (κ2) is 8.77. The molecule has 0 radical (unpaired) electrons. The smallest absolute Gasteiger partial charge is 0.267 e. The molecule has 0 N–H and O–H groups in total. The number of aromatic nitrogens is 2. The van der Waals surface area contributed by atoms with Crippen molar-refractivity contribution >= 4 is 16.7 Å². The molecule has 1 aliphatic heterocycles. The molecule has 32 heavy (non-hydrogen) atoms. The number of benzene rings is 3. The van der Waals surface area contributed by atoms with E-state index in [4.69, 9.17) is 4.74 Å². The molecule has 1 saturated heterocycles. The fourth-order valence-electron chi connectivity index (χ4n) is 4.15. The van der Waals surface area contributed by atoms with Crippen molar-refractivity contribution in [3.8, 4) is 11.3 Å². The van der Waals surface area contributed by atoms with Crippen LogP contribution in [0.4, 0.5) is 0 Å². The normalized spacial score (nSPS) is 16.2. The highest BCUT2D eigenvalue weighted by molar-refractivity contribution is 5.86. The average molecular weight is 425 g/mol. The van der Waals surface area contributed by atoms with Gasteiger partial charge in [0.05, 0.1) is 18.8 Å². The zero-order chi connectivity index (χ0) is 21.9. The Labute approximate surface area is 185 Å². The molecular formula is C26H23N3O3. The molecule has 1 aromatic heterocycles. The van der Waals surface area contributed by atoms with Gasteiger partial charge in [-0.25, -0.2) is 4.68 Å². The van der Waals surface area contributed by atoms with E-state index in [0.717, 1.165) is 21.9 Å². The lowest BCUT2D eigenvalue weighted by molar-refractivity contribution is -0.139. The summed E-state index contributed by atoms with van der Waals surface area (Å²) in [5.41, 5.74) is 2.34. The fraction of sp³-hybridized carbons (Fsp3) is 0.192. The molecule has 1 amide bonds. The number of nitrogens with zero attached hydrogens (tertiary/aromatic N) is 3. The lowest BCUT2D eigenvalue weighted by atomic mass is 9.99. The maximum Gasteiger partial charge on any atom is 0.267 e. The first kappa shape index (κ1) is 20.2. The molecule has 6 heteroatoms. The quantitative estimate of drug-likeness (QED) is 0.501. The highest BCUT2D eigenvalue weighted by Gasteiger charge is 2.27. The van der Waals surface area contributed by atoms with E-state index in [0.29, 0.717) is 25.4 Å². The Morgan fingerprint density at radius 1 is 0.938 bits per heavy atom. The standard InChI is InChI=1S/C26H23N3O3/c30-25-14-13-23(20-8-2-1-3-9-20)27-29(25)18-26(31)28-15-16-32-24(17-28)22-12-6-10-19-7-4-5-11-21(19)22/h1-14,24H,15-18H2. The monoisotopic (exact) mass is 425 g/mol. The Kier molecular flexibility index (Phi) is 5.52. The minimum Gasteiger partial charge on any atom is -0.370 e. The van der Waals surface area contributed by atoms with Gasteiger partial charge in [0, 0.05) is 18.2 Å². The van der Waals surface area contributed by atoms with E-state index in [-0.39, 0.29) is 24.1 Å². The second-order valence-corrected chi connectivity index (χ2v) is 7.85. The first-order valence-electron chi connectivity index (χ1n) is 10.7. The SMILES string of the molecule is O=C(Cn1nc(-c2ccccc2)ccc1=O)N1CCOC(c2cccc3ccccc23)C1. The van der Waals surface area contributed by atoms with E-state index < -0.39 is 0 Å². The van der Waals surface area contributed by atoms with Gasteiger partial charge in [0.25, 0.3) is 5.56 Å². The van der Waals surface area contributed by atoms with Crippen molar-refractivity contribution in [2.75, 3.05) is 19.7 Å². The summed E-state index contributed by atoms with van der Waals surface area (Å²) in [4.78, 5) is 27.2. The van der Waals surface area contributed by atoms with Crippen LogP contribution in [0.25, 0.3) is 22.0 Å². The summed E-state index contributed by atoms with van der Waals surface area (Å²) in [6.45, 7) is 1.29. The van der Waals surface area contributed by atoms with Gasteiger partial charge in [0.2, 0.25) is 5.91 Å². The molecule has 5 rings (SSSR count). The molecule has 1 aliphatic rings. The van der Waals surface area contributed by atoms with E-state index in [1.807, 2.05) is 48.5 Å². The third-order valence-electron chi connectivity index (χ3n) is 5.81. The average Bonchev–Trinajstić information content (AvgIpc) is 2.85. The van der Waals surface area contributed by atoms with Gasteiger partial charge in [-0.3, -0.25) is 9.59 Å². The van der Waals surface area contributed by atoms with Crippen LogP contribution in [0.1, 0.15) is 11.7 Å². The van der Waals surface area contributed by atoms with E-state index in [1.165, 1.54) is 10.7 Å². The molecule has 0 spiro atoms. The van der Waals surface area contributed by atoms with E-state index in [2.05, 4.69) is 29.4 Å². The van der Waals surface area contributed by atoms with Crippen molar-refractivity contribution in [1.29, 1.82) is 0 Å². The summed E-state index contributed by atoms with van der Waals surface area (Å²) in [5.74, 6) is -0.140. The summed E-state index contributed by atoms with van der Waals surface area (Å²) >= 11 is 0. The minimum atomic E-state index is -0.295. The number of amides is 1. The Bertz CT molecular complexity index is 1310. The van der Waals surface area contributed by atoms with Crippen LogP contribution in [-0.4, -0.2) is 40.3 Å². The Morgan fingerprint density at radius 2 is 1.72 bits per heavy atom. The van der Waals surface area contributed by atoms with Gasteiger partial charge in [-0.2, -0.15) is 5.10 Å². The third-order valence-corrected chi connectivity index (χ3v) is 5.81. The summed E-state index contributed by atoms with van der Waals surface area (Å²) in [6, 6.07) is 27.1. The molecule has 160 valence electrons. The zero-order valence-electron chi connectivity index (χ0n) is 17.6. The van der Waals surface area contributed by atoms with Crippen LogP contribution in [0, 0.1) is 0 Å². The van der Waals surface area contributed by atoms with E-state index >= 15 is 0 Å². The first-order valence-corrected chi connectivity index (χ1v) is 10.7. The Balaban J connectivity index is 1.36. The molecule has 0 bridgehead atoms. The maximum absolute atomic E-state index is 13.1. The molecule has 1 fully saturated rings. The molecule has 1 atom stereocenters. The van der Waals surface area contributed by atoms with E-state index in [1.54, 1.807) is 11.0 Å². The van der Waals surface area contributed by atoms with Crippen molar-refractivity contribution in [2.24, 2.45) is 0 Å². The number of rotatable bonds is 4. The van der Waals surface area contributed by atoms with Crippen LogP contribution in [0.5, 0.6) is 0 Å². The van der Waals surface area contributed by atoms with Crippen LogP contribution in [0.3, 0.4) is 0 Å². The van der Waals surface area contributed by atoms with Crippen molar-refractivity contribution in [2.45, 2.75) is 12.6 Å². The molecule has 3 aromatic carbocycles. The molecule has 0 aliphatic carbocycles. The van der Waals surface area contributed by atoms with Gasteiger partial charge in [-0.1, -0.05) is 72.8 Å². The van der Waals surface area contributed by atoms with Crippen LogP contribution >= 0.6 is 0 Å². The maximum atomic E-state index is 13.1. The summed E-state index contributed by atoms with van der Waals surface area (Å²) < 4.78 is 7.27. The number of fused-ring (bicyclic) bond motifs is 1. The molecule has 6 nitrogen and oxygen atoms in total. The van der Waals surface area contributed by atoms with Crippen LogP contribution in [0.15, 0.2) is 89.7 Å². The largest absolute Gasteiger partial charge is 0.370 e. The minimum absolute atomic E-state index is 0.0955. The van der Waals surface area contributed by atoms with Crippen molar-refractivity contribution < 1.29 is 9.53 Å². The summed E-state index contributed by atoms with van der Waals surface area (Å²) in [5, 5.41) is 6.69. The summed E-state index contributed by atoms with van der Waals surface area (Å²) in [7, 11) is 0. The predicted octanol–water partition coefficient (Wildman–Crippen LogP) is 3.66. The Hall–Kier alpha value is -3.77. The molecule has 1 unspecified atom stereocenters. The lowest BCUT2D eigenvalue weighted by Crippen LogP contribution is -2.45. The van der Waals surface area contributed by atoms with Gasteiger partial charge >= 0.3 is 0 Å². The van der Waals surface area contributed by atoms with Gasteiger partial charge in [0.1, 0.15) is 12.6 Å². The van der Waals surface area contributed by atoms with Crippen LogP contribution in [0.2, 0.25) is 0 Å². The number of hydrogen-bond donors (Lipinski definition) is 0. The number of ether oxygens (including phenoxy) is 1. The number of hydrogen-bond acceptors (Lipinski definition) is 4. The lowest BCUT2D eigenvalue weighted by Gasteiger charge is -2.33.